The van der Waals surface area contributed by atoms with E-state index in [1.54, 1.807) is 18.2 Å². The molecule has 0 saturated carbocycles. The van der Waals surface area contributed by atoms with E-state index in [9.17, 15) is 13.2 Å². The standard InChI is InChI=1S/C19H25N3O4S/c1-14-19(16(3)26-20-14)13-21-8-5-9-22(11-10-21)27(24,25)18-7-4-6-17(12-18)15(2)23/h4,6-7,12H,5,8-11,13H2,1-3H3. The fraction of sp³-hybridized carbons (Fsp3) is 0.474. The fourth-order valence-corrected chi connectivity index (χ4v) is 4.84. The monoisotopic (exact) mass is 391 g/mol. The largest absolute Gasteiger partial charge is 0.361 e. The van der Waals surface area contributed by atoms with Gasteiger partial charge in [-0.25, -0.2) is 8.42 Å². The lowest BCUT2D eigenvalue weighted by Crippen LogP contribution is -2.35. The Morgan fingerprint density at radius 2 is 1.96 bits per heavy atom. The first kappa shape index (κ1) is 19.7. The van der Waals surface area contributed by atoms with E-state index in [1.165, 1.54) is 17.3 Å². The number of benzene rings is 1. The van der Waals surface area contributed by atoms with E-state index in [0.29, 0.717) is 31.7 Å². The predicted octanol–water partition coefficient (Wildman–Crippen LogP) is 2.39. The molecule has 0 unspecified atom stereocenters. The topological polar surface area (TPSA) is 83.7 Å². The Kier molecular flexibility index (Phi) is 5.78. The van der Waals surface area contributed by atoms with Gasteiger partial charge < -0.3 is 4.52 Å². The summed E-state index contributed by atoms with van der Waals surface area (Å²) in [6, 6.07) is 6.26. The molecular weight excluding hydrogens is 366 g/mol. The van der Waals surface area contributed by atoms with Gasteiger partial charge in [-0.3, -0.25) is 9.69 Å². The summed E-state index contributed by atoms with van der Waals surface area (Å²) in [5.41, 5.74) is 2.36. The van der Waals surface area contributed by atoms with Crippen molar-refractivity contribution in [1.29, 1.82) is 0 Å². The highest BCUT2D eigenvalue weighted by molar-refractivity contribution is 7.89. The molecule has 0 atom stereocenters. The molecule has 3 rings (SSSR count). The number of hydrogen-bond acceptors (Lipinski definition) is 6. The first-order valence-corrected chi connectivity index (χ1v) is 10.5. The van der Waals surface area contributed by atoms with Crippen molar-refractivity contribution in [2.75, 3.05) is 26.2 Å². The van der Waals surface area contributed by atoms with Crippen LogP contribution in [-0.4, -0.2) is 54.7 Å². The fourth-order valence-electron chi connectivity index (χ4n) is 3.32. The van der Waals surface area contributed by atoms with Gasteiger partial charge in [0.1, 0.15) is 5.76 Å². The highest BCUT2D eigenvalue weighted by Crippen LogP contribution is 2.21. The Bertz CT molecular complexity index is 917. The number of Topliss-reactive ketones (excluding diaryl/α,β-unsaturated/α-hetero) is 1. The normalized spacial score (nSPS) is 17.0. The third-order valence-electron chi connectivity index (χ3n) is 4.99. The van der Waals surface area contributed by atoms with Crippen LogP contribution in [0.2, 0.25) is 0 Å². The number of aryl methyl sites for hydroxylation is 2. The molecule has 1 saturated heterocycles. The van der Waals surface area contributed by atoms with Crippen molar-refractivity contribution in [1.82, 2.24) is 14.4 Å². The van der Waals surface area contributed by atoms with Crippen LogP contribution in [0.4, 0.5) is 0 Å². The molecule has 0 N–H and O–H groups in total. The van der Waals surface area contributed by atoms with E-state index in [2.05, 4.69) is 10.1 Å². The highest BCUT2D eigenvalue weighted by atomic mass is 32.2. The van der Waals surface area contributed by atoms with Gasteiger partial charge in [0.2, 0.25) is 10.0 Å². The summed E-state index contributed by atoms with van der Waals surface area (Å²) >= 11 is 0. The number of rotatable bonds is 5. The summed E-state index contributed by atoms with van der Waals surface area (Å²) in [5.74, 6) is 0.663. The SMILES string of the molecule is CC(=O)c1cccc(S(=O)(=O)N2CCCN(Cc3c(C)noc3C)CC2)c1. The van der Waals surface area contributed by atoms with Crippen molar-refractivity contribution in [2.45, 2.75) is 38.6 Å². The summed E-state index contributed by atoms with van der Waals surface area (Å²) in [6.45, 7) is 8.27. The zero-order valence-corrected chi connectivity index (χ0v) is 16.8. The number of sulfonamides is 1. The van der Waals surface area contributed by atoms with Gasteiger partial charge in [-0.1, -0.05) is 17.3 Å². The number of carbonyl (C=O) groups is 1. The molecule has 0 bridgehead atoms. The molecule has 146 valence electrons. The average molecular weight is 391 g/mol. The van der Waals surface area contributed by atoms with Gasteiger partial charge in [0, 0.05) is 37.3 Å². The molecule has 2 heterocycles. The maximum absolute atomic E-state index is 13.0. The maximum atomic E-state index is 13.0. The minimum absolute atomic E-state index is 0.145. The molecule has 7 nitrogen and oxygen atoms in total. The van der Waals surface area contributed by atoms with Crippen molar-refractivity contribution in [3.63, 3.8) is 0 Å². The lowest BCUT2D eigenvalue weighted by Gasteiger charge is -2.22. The zero-order valence-electron chi connectivity index (χ0n) is 15.9. The molecule has 0 aliphatic carbocycles. The molecule has 0 spiro atoms. The third kappa shape index (κ3) is 4.28. The molecule has 27 heavy (non-hydrogen) atoms. The van der Waals surface area contributed by atoms with Crippen LogP contribution >= 0.6 is 0 Å². The van der Waals surface area contributed by atoms with Crippen LogP contribution in [0.15, 0.2) is 33.7 Å². The number of carbonyl (C=O) groups excluding carboxylic acids is 1. The third-order valence-corrected chi connectivity index (χ3v) is 6.88. The number of nitrogens with zero attached hydrogens (tertiary/aromatic N) is 3. The molecule has 0 amide bonds. The van der Waals surface area contributed by atoms with Crippen LogP contribution < -0.4 is 0 Å². The molecule has 1 aromatic carbocycles. The van der Waals surface area contributed by atoms with Crippen LogP contribution in [0.5, 0.6) is 0 Å². The van der Waals surface area contributed by atoms with Crippen molar-refractivity contribution in [2.24, 2.45) is 0 Å². The highest BCUT2D eigenvalue weighted by Gasteiger charge is 2.28. The number of ketones is 1. The lowest BCUT2D eigenvalue weighted by atomic mass is 10.2. The Morgan fingerprint density at radius 3 is 2.63 bits per heavy atom. The van der Waals surface area contributed by atoms with Crippen LogP contribution in [0.1, 0.15) is 40.7 Å². The van der Waals surface area contributed by atoms with E-state index in [4.69, 9.17) is 4.52 Å². The summed E-state index contributed by atoms with van der Waals surface area (Å²) in [4.78, 5) is 14.0. The minimum atomic E-state index is -3.62. The van der Waals surface area contributed by atoms with E-state index < -0.39 is 10.0 Å². The average Bonchev–Trinajstić information content (AvgIpc) is 2.84. The summed E-state index contributed by atoms with van der Waals surface area (Å²) in [6.07, 6.45) is 0.745. The van der Waals surface area contributed by atoms with Crippen molar-refractivity contribution < 1.29 is 17.7 Å². The van der Waals surface area contributed by atoms with Crippen LogP contribution in [0.3, 0.4) is 0 Å². The van der Waals surface area contributed by atoms with E-state index in [0.717, 1.165) is 30.0 Å². The smallest absolute Gasteiger partial charge is 0.243 e. The van der Waals surface area contributed by atoms with Crippen molar-refractivity contribution in [3.8, 4) is 0 Å². The van der Waals surface area contributed by atoms with E-state index in [-0.39, 0.29) is 10.7 Å². The Morgan fingerprint density at radius 1 is 1.19 bits per heavy atom. The van der Waals surface area contributed by atoms with Crippen molar-refractivity contribution in [3.05, 3.63) is 46.8 Å². The van der Waals surface area contributed by atoms with E-state index >= 15 is 0 Å². The minimum Gasteiger partial charge on any atom is -0.361 e. The number of aromatic nitrogens is 1. The second-order valence-electron chi connectivity index (χ2n) is 6.92. The molecular formula is C19H25N3O4S. The van der Waals surface area contributed by atoms with Crippen LogP contribution in [0, 0.1) is 13.8 Å². The van der Waals surface area contributed by atoms with Gasteiger partial charge in [0.25, 0.3) is 0 Å². The van der Waals surface area contributed by atoms with Crippen molar-refractivity contribution >= 4 is 15.8 Å². The predicted molar refractivity (Wildman–Crippen MR) is 101 cm³/mol. The molecule has 1 fully saturated rings. The van der Waals surface area contributed by atoms with E-state index in [1.807, 2.05) is 13.8 Å². The second-order valence-corrected chi connectivity index (χ2v) is 8.86. The van der Waals surface area contributed by atoms with Crippen LogP contribution in [-0.2, 0) is 16.6 Å². The molecule has 0 radical (unpaired) electrons. The molecule has 1 aromatic heterocycles. The zero-order chi connectivity index (χ0) is 19.6. The second kappa shape index (κ2) is 7.92. The number of hydrogen-bond donors (Lipinski definition) is 0. The molecule has 1 aliphatic rings. The van der Waals surface area contributed by atoms with Gasteiger partial charge in [0.05, 0.1) is 10.6 Å². The first-order valence-electron chi connectivity index (χ1n) is 9.04. The Hall–Kier alpha value is -2.03. The first-order chi connectivity index (χ1) is 12.8. The lowest BCUT2D eigenvalue weighted by molar-refractivity contribution is 0.101. The summed E-state index contributed by atoms with van der Waals surface area (Å²) in [7, 11) is -3.62. The van der Waals surface area contributed by atoms with Gasteiger partial charge >= 0.3 is 0 Å². The maximum Gasteiger partial charge on any atom is 0.243 e. The molecule has 1 aliphatic heterocycles. The van der Waals surface area contributed by atoms with Gasteiger partial charge in [-0.05, 0) is 45.9 Å². The summed E-state index contributed by atoms with van der Waals surface area (Å²) < 4.78 is 32.8. The summed E-state index contributed by atoms with van der Waals surface area (Å²) in [5, 5.41) is 3.99. The Labute approximate surface area is 160 Å². The quantitative estimate of drug-likeness (QED) is 0.728. The van der Waals surface area contributed by atoms with Gasteiger partial charge in [-0.2, -0.15) is 4.31 Å². The van der Waals surface area contributed by atoms with Gasteiger partial charge in [0.15, 0.2) is 5.78 Å². The van der Waals surface area contributed by atoms with Gasteiger partial charge in [-0.15, -0.1) is 0 Å². The van der Waals surface area contributed by atoms with Crippen LogP contribution in [0.25, 0.3) is 0 Å². The molecule has 8 heteroatoms. The Balaban J connectivity index is 1.73. The molecule has 2 aromatic rings.